The van der Waals surface area contributed by atoms with Crippen molar-refractivity contribution in [1.82, 2.24) is 20.6 Å². The summed E-state index contributed by atoms with van der Waals surface area (Å²) in [5.41, 5.74) is 0. The van der Waals surface area contributed by atoms with Crippen LogP contribution in [0.15, 0.2) is 0 Å². The maximum Gasteiger partial charge on any atom is 0.269 e. The lowest BCUT2D eigenvalue weighted by atomic mass is 9.96. The number of rotatable bonds is 7. The van der Waals surface area contributed by atoms with Crippen molar-refractivity contribution >= 4 is 11.9 Å². The van der Waals surface area contributed by atoms with Gasteiger partial charge in [-0.05, 0) is 18.1 Å². The van der Waals surface area contributed by atoms with Crippen molar-refractivity contribution in [3.05, 3.63) is 0 Å². The second-order valence-corrected chi connectivity index (χ2v) is 3.85. The summed E-state index contributed by atoms with van der Waals surface area (Å²) < 4.78 is 0. The van der Waals surface area contributed by atoms with E-state index in [-0.39, 0.29) is 17.8 Å². The maximum atomic E-state index is 11.9. The molecule has 0 aliphatic rings. The maximum absolute atomic E-state index is 11.9. The molecule has 1 heterocycles. The molecule has 0 bridgehead atoms. The number of carbonyl (C=O) groups excluding carboxylic acids is 1. The fourth-order valence-electron chi connectivity index (χ4n) is 1.63. The molecule has 1 rings (SSSR count). The molecule has 0 aliphatic heterocycles. The number of unbranched alkanes of at least 4 members (excludes halogenated alkanes) is 1. The Morgan fingerprint density at radius 1 is 1.38 bits per heavy atom. The summed E-state index contributed by atoms with van der Waals surface area (Å²) in [4.78, 5) is 11.9. The van der Waals surface area contributed by atoms with Crippen molar-refractivity contribution < 1.29 is 4.79 Å². The molecule has 2 N–H and O–H groups in total. The standard InChI is InChI=1S/C10H19N5O/c1-3-5-7-8(6-4-2)9(16)11-10-12-14-15-13-10/h8H,3-7H2,1-2H3,(H2,11,12,13,14,15,16). The van der Waals surface area contributed by atoms with E-state index in [0.717, 1.165) is 32.1 Å². The number of nitrogens with one attached hydrogen (secondary N) is 2. The fourth-order valence-corrected chi connectivity index (χ4v) is 1.63. The van der Waals surface area contributed by atoms with Crippen LogP contribution in [0.5, 0.6) is 0 Å². The van der Waals surface area contributed by atoms with Crippen LogP contribution in [0.2, 0.25) is 0 Å². The lowest BCUT2D eigenvalue weighted by molar-refractivity contribution is -0.120. The Morgan fingerprint density at radius 2 is 2.19 bits per heavy atom. The highest BCUT2D eigenvalue weighted by Crippen LogP contribution is 2.16. The number of H-pyrrole nitrogens is 1. The molecule has 1 aromatic heterocycles. The molecule has 0 aromatic carbocycles. The lowest BCUT2D eigenvalue weighted by Gasteiger charge is -2.13. The van der Waals surface area contributed by atoms with Gasteiger partial charge in [-0.2, -0.15) is 5.21 Å². The van der Waals surface area contributed by atoms with Crippen LogP contribution in [-0.4, -0.2) is 26.5 Å². The van der Waals surface area contributed by atoms with Crippen LogP contribution in [0, 0.1) is 5.92 Å². The number of aromatic amines is 1. The quantitative estimate of drug-likeness (QED) is 0.740. The van der Waals surface area contributed by atoms with E-state index in [9.17, 15) is 4.79 Å². The number of anilines is 1. The van der Waals surface area contributed by atoms with Gasteiger partial charge in [0.1, 0.15) is 0 Å². The van der Waals surface area contributed by atoms with E-state index in [4.69, 9.17) is 0 Å². The van der Waals surface area contributed by atoms with Gasteiger partial charge in [-0.3, -0.25) is 10.1 Å². The summed E-state index contributed by atoms with van der Waals surface area (Å²) >= 11 is 0. The van der Waals surface area contributed by atoms with Gasteiger partial charge >= 0.3 is 0 Å². The van der Waals surface area contributed by atoms with E-state index < -0.39 is 0 Å². The van der Waals surface area contributed by atoms with E-state index in [0.29, 0.717) is 0 Å². The number of hydrogen-bond acceptors (Lipinski definition) is 4. The highest BCUT2D eigenvalue weighted by molar-refractivity contribution is 5.90. The van der Waals surface area contributed by atoms with Crippen molar-refractivity contribution in [2.45, 2.75) is 46.0 Å². The fraction of sp³-hybridized carbons (Fsp3) is 0.800. The van der Waals surface area contributed by atoms with Gasteiger partial charge in [0.2, 0.25) is 5.91 Å². The number of carbonyl (C=O) groups is 1. The monoisotopic (exact) mass is 225 g/mol. The first-order chi connectivity index (χ1) is 7.77. The molecule has 1 unspecified atom stereocenters. The number of aromatic nitrogens is 4. The molecule has 0 fully saturated rings. The third-order valence-electron chi connectivity index (χ3n) is 2.49. The number of nitrogens with zero attached hydrogens (tertiary/aromatic N) is 3. The zero-order chi connectivity index (χ0) is 11.8. The summed E-state index contributed by atoms with van der Waals surface area (Å²) in [6.07, 6.45) is 5.02. The molecule has 1 atom stereocenters. The van der Waals surface area contributed by atoms with Crippen LogP contribution < -0.4 is 5.32 Å². The molecule has 0 saturated carbocycles. The Balaban J connectivity index is 2.46. The summed E-state index contributed by atoms with van der Waals surface area (Å²) in [6, 6.07) is 0. The smallest absolute Gasteiger partial charge is 0.269 e. The van der Waals surface area contributed by atoms with E-state index in [1.807, 2.05) is 0 Å². The molecule has 90 valence electrons. The van der Waals surface area contributed by atoms with Crippen LogP contribution >= 0.6 is 0 Å². The Morgan fingerprint density at radius 3 is 2.75 bits per heavy atom. The topological polar surface area (TPSA) is 83.6 Å². The van der Waals surface area contributed by atoms with E-state index in [1.165, 1.54) is 0 Å². The highest BCUT2D eigenvalue weighted by Gasteiger charge is 2.18. The molecule has 0 saturated heterocycles. The number of hydrogen-bond donors (Lipinski definition) is 2. The second-order valence-electron chi connectivity index (χ2n) is 3.85. The summed E-state index contributed by atoms with van der Waals surface area (Å²) in [7, 11) is 0. The second kappa shape index (κ2) is 6.92. The molecule has 16 heavy (non-hydrogen) atoms. The van der Waals surface area contributed by atoms with Gasteiger partial charge in [0, 0.05) is 5.92 Å². The van der Waals surface area contributed by atoms with Crippen molar-refractivity contribution in [3.63, 3.8) is 0 Å². The van der Waals surface area contributed by atoms with Crippen molar-refractivity contribution in [1.29, 1.82) is 0 Å². The van der Waals surface area contributed by atoms with Crippen molar-refractivity contribution in [3.8, 4) is 0 Å². The molecule has 6 heteroatoms. The average molecular weight is 225 g/mol. The Kier molecular flexibility index (Phi) is 5.45. The molecule has 0 radical (unpaired) electrons. The molecule has 0 spiro atoms. The van der Waals surface area contributed by atoms with Crippen LogP contribution in [0.1, 0.15) is 46.0 Å². The number of tetrazole rings is 1. The summed E-state index contributed by atoms with van der Waals surface area (Å²) in [5, 5.41) is 15.8. The van der Waals surface area contributed by atoms with Crippen LogP contribution in [-0.2, 0) is 4.79 Å². The highest BCUT2D eigenvalue weighted by atomic mass is 16.2. The van der Waals surface area contributed by atoms with Crippen LogP contribution in [0.3, 0.4) is 0 Å². The molecule has 6 nitrogen and oxygen atoms in total. The van der Waals surface area contributed by atoms with Gasteiger partial charge in [0.15, 0.2) is 0 Å². The Bertz CT molecular complexity index is 298. The predicted octanol–water partition coefficient (Wildman–Crippen LogP) is 1.74. The number of amides is 1. The van der Waals surface area contributed by atoms with Gasteiger partial charge in [-0.15, -0.1) is 5.10 Å². The lowest BCUT2D eigenvalue weighted by Crippen LogP contribution is -2.23. The first kappa shape index (κ1) is 12.6. The molecular formula is C10H19N5O. The molecular weight excluding hydrogens is 206 g/mol. The molecule has 1 amide bonds. The van der Waals surface area contributed by atoms with Gasteiger partial charge in [-0.25, -0.2) is 0 Å². The van der Waals surface area contributed by atoms with Crippen LogP contribution in [0.4, 0.5) is 5.95 Å². The Labute approximate surface area is 95.2 Å². The third kappa shape index (κ3) is 3.96. The van der Waals surface area contributed by atoms with E-state index in [1.54, 1.807) is 0 Å². The minimum absolute atomic E-state index is 0.00306. The first-order valence-corrected chi connectivity index (χ1v) is 5.82. The van der Waals surface area contributed by atoms with Crippen molar-refractivity contribution in [2.75, 3.05) is 5.32 Å². The van der Waals surface area contributed by atoms with Gasteiger partial charge < -0.3 is 0 Å². The van der Waals surface area contributed by atoms with E-state index in [2.05, 4.69) is 39.8 Å². The molecule has 0 aliphatic carbocycles. The minimum atomic E-state index is -0.00306. The third-order valence-corrected chi connectivity index (χ3v) is 2.49. The normalized spacial score (nSPS) is 12.4. The van der Waals surface area contributed by atoms with Gasteiger partial charge in [0.25, 0.3) is 5.95 Å². The average Bonchev–Trinajstić information content (AvgIpc) is 2.76. The zero-order valence-corrected chi connectivity index (χ0v) is 9.86. The summed E-state index contributed by atoms with van der Waals surface area (Å²) in [6.45, 7) is 4.21. The largest absolute Gasteiger partial charge is 0.292 e. The summed E-state index contributed by atoms with van der Waals surface area (Å²) in [5.74, 6) is 0.308. The predicted molar refractivity (Wildman–Crippen MR) is 60.7 cm³/mol. The van der Waals surface area contributed by atoms with Gasteiger partial charge in [0.05, 0.1) is 0 Å². The molecule has 1 aromatic rings. The van der Waals surface area contributed by atoms with Crippen molar-refractivity contribution in [2.24, 2.45) is 5.92 Å². The SMILES string of the molecule is CCCCC(CCC)C(=O)Nc1nn[nH]n1. The van der Waals surface area contributed by atoms with Gasteiger partial charge in [-0.1, -0.05) is 38.2 Å². The minimum Gasteiger partial charge on any atom is -0.292 e. The van der Waals surface area contributed by atoms with E-state index >= 15 is 0 Å². The Hall–Kier alpha value is -1.46. The van der Waals surface area contributed by atoms with Crippen LogP contribution in [0.25, 0.3) is 0 Å². The first-order valence-electron chi connectivity index (χ1n) is 5.82. The zero-order valence-electron chi connectivity index (χ0n) is 9.86.